The van der Waals surface area contributed by atoms with Crippen LogP contribution in [-0.4, -0.2) is 14.6 Å². The van der Waals surface area contributed by atoms with E-state index in [1.54, 1.807) is 4.52 Å². The molecular weight excluding hydrogens is 410 g/mol. The zero-order chi connectivity index (χ0) is 18.9. The normalized spacial score (nSPS) is 11.0. The second-order valence-corrected chi connectivity index (χ2v) is 7.31. The van der Waals surface area contributed by atoms with Gasteiger partial charge in [-0.05, 0) is 74.1 Å². The molecule has 0 aliphatic heterocycles. The summed E-state index contributed by atoms with van der Waals surface area (Å²) in [5, 5.41) is 4.38. The third-order valence-electron chi connectivity index (χ3n) is 4.79. The Kier molecular flexibility index (Phi) is 4.26. The van der Waals surface area contributed by atoms with Crippen LogP contribution in [0.3, 0.4) is 0 Å². The van der Waals surface area contributed by atoms with Crippen molar-refractivity contribution in [2.45, 2.75) is 0 Å². The van der Waals surface area contributed by atoms with Gasteiger partial charge < -0.3 is 0 Å². The lowest BCUT2D eigenvalue weighted by atomic mass is 9.94. The van der Waals surface area contributed by atoms with Crippen LogP contribution in [-0.2, 0) is 0 Å². The van der Waals surface area contributed by atoms with Gasteiger partial charge in [0.25, 0.3) is 0 Å². The summed E-state index contributed by atoms with van der Waals surface area (Å²) in [6.07, 6.45) is 1.91. The molecule has 0 bridgehead atoms. The summed E-state index contributed by atoms with van der Waals surface area (Å²) in [5.74, 6) is 0. The lowest BCUT2D eigenvalue weighted by Gasteiger charge is -2.11. The van der Waals surface area contributed by atoms with Crippen molar-refractivity contribution in [1.29, 1.82) is 0 Å². The number of fused-ring (bicyclic) bond motifs is 1. The van der Waals surface area contributed by atoms with Crippen LogP contribution in [0.4, 0.5) is 0 Å². The zero-order valence-corrected chi connectivity index (χ0v) is 16.5. The second-order valence-electron chi connectivity index (χ2n) is 6.60. The van der Waals surface area contributed by atoms with Gasteiger partial charge in [-0.1, -0.05) is 60.7 Å². The maximum absolute atomic E-state index is 4.56. The Morgan fingerprint density at radius 3 is 1.79 bits per heavy atom. The van der Waals surface area contributed by atoms with Crippen molar-refractivity contribution in [2.75, 3.05) is 0 Å². The zero-order valence-electron chi connectivity index (χ0n) is 15.0. The molecule has 0 N–H and O–H groups in total. The topological polar surface area (TPSA) is 30.2 Å². The first-order valence-corrected chi connectivity index (χ1v) is 9.84. The molecule has 5 rings (SSSR count). The van der Waals surface area contributed by atoms with E-state index in [2.05, 4.69) is 98.8 Å². The molecule has 0 saturated carbocycles. The molecule has 0 radical (unpaired) electrons. The molecule has 2 aromatic heterocycles. The Morgan fingerprint density at radius 1 is 0.607 bits per heavy atom. The summed E-state index contributed by atoms with van der Waals surface area (Å²) in [5.41, 5.74) is 7.74. The van der Waals surface area contributed by atoms with E-state index in [0.717, 1.165) is 16.8 Å². The molecule has 0 aliphatic carbocycles. The molecule has 0 amide bonds. The van der Waals surface area contributed by atoms with E-state index < -0.39 is 0 Å². The van der Waals surface area contributed by atoms with Crippen molar-refractivity contribution >= 4 is 21.6 Å². The summed E-state index contributed by atoms with van der Waals surface area (Å²) < 4.78 is 2.39. The molecule has 3 nitrogen and oxygen atoms in total. The number of halogens is 1. The molecule has 0 unspecified atom stereocenters. The van der Waals surface area contributed by atoms with Crippen LogP contribution in [0.5, 0.6) is 0 Å². The Balaban J connectivity index is 1.77. The highest BCUT2D eigenvalue weighted by Gasteiger charge is 2.12. The van der Waals surface area contributed by atoms with Gasteiger partial charge in [0.15, 0.2) is 5.65 Å². The fourth-order valence-corrected chi connectivity index (χ4v) is 3.82. The summed E-state index contributed by atoms with van der Waals surface area (Å²) >= 11 is 3.39. The van der Waals surface area contributed by atoms with Crippen LogP contribution in [0.1, 0.15) is 0 Å². The maximum Gasteiger partial charge on any atom is 0.218 e. The Morgan fingerprint density at radius 2 is 1.18 bits per heavy atom. The lowest BCUT2D eigenvalue weighted by molar-refractivity contribution is 0.946. The van der Waals surface area contributed by atoms with Gasteiger partial charge in [0.05, 0.1) is 0 Å². The van der Waals surface area contributed by atoms with Crippen molar-refractivity contribution in [3.8, 4) is 33.4 Å². The minimum atomic E-state index is 0.586. The minimum Gasteiger partial charge on any atom is -0.219 e. The van der Waals surface area contributed by atoms with Crippen LogP contribution in [0.25, 0.3) is 39.0 Å². The first kappa shape index (κ1) is 16.9. The van der Waals surface area contributed by atoms with Crippen molar-refractivity contribution < 1.29 is 0 Å². The standard InChI is InChI=1S/C24H16BrN3/c25-24-26-23-22(12-7-13-28(23)27-24)21-15-19(17-8-3-1-4-9-17)14-20(16-21)18-10-5-2-6-11-18/h1-16H. The molecule has 0 aliphatic rings. The van der Waals surface area contributed by atoms with Gasteiger partial charge in [0.2, 0.25) is 4.73 Å². The number of hydrogen-bond acceptors (Lipinski definition) is 2. The predicted molar refractivity (Wildman–Crippen MR) is 117 cm³/mol. The van der Waals surface area contributed by atoms with Crippen LogP contribution in [0.15, 0.2) is 102 Å². The Bertz CT molecular complexity index is 1200. The predicted octanol–water partition coefficient (Wildman–Crippen LogP) is 6.49. The van der Waals surface area contributed by atoms with Gasteiger partial charge in [-0.2, -0.15) is 0 Å². The molecule has 2 heterocycles. The molecule has 3 aromatic carbocycles. The Labute approximate surface area is 171 Å². The highest BCUT2D eigenvalue weighted by atomic mass is 79.9. The molecular formula is C24H16BrN3. The third-order valence-corrected chi connectivity index (χ3v) is 5.13. The van der Waals surface area contributed by atoms with E-state index in [1.165, 1.54) is 22.3 Å². The van der Waals surface area contributed by atoms with Gasteiger partial charge in [-0.3, -0.25) is 0 Å². The highest BCUT2D eigenvalue weighted by Crippen LogP contribution is 2.34. The van der Waals surface area contributed by atoms with E-state index >= 15 is 0 Å². The van der Waals surface area contributed by atoms with E-state index in [9.17, 15) is 0 Å². The van der Waals surface area contributed by atoms with Crippen molar-refractivity contribution in [2.24, 2.45) is 0 Å². The monoisotopic (exact) mass is 425 g/mol. The fourth-order valence-electron chi connectivity index (χ4n) is 3.48. The fraction of sp³-hybridized carbons (Fsp3) is 0. The number of pyridine rings is 1. The molecule has 0 fully saturated rings. The molecule has 134 valence electrons. The SMILES string of the molecule is Brc1nc2c(-c3cc(-c4ccccc4)cc(-c4ccccc4)c3)cccn2n1. The van der Waals surface area contributed by atoms with Crippen LogP contribution in [0.2, 0.25) is 0 Å². The van der Waals surface area contributed by atoms with E-state index in [-0.39, 0.29) is 0 Å². The average molecular weight is 426 g/mol. The van der Waals surface area contributed by atoms with Crippen LogP contribution >= 0.6 is 15.9 Å². The number of benzene rings is 3. The largest absolute Gasteiger partial charge is 0.219 e. The molecule has 0 saturated heterocycles. The van der Waals surface area contributed by atoms with E-state index in [4.69, 9.17) is 0 Å². The third kappa shape index (κ3) is 3.12. The summed E-state index contributed by atoms with van der Waals surface area (Å²) in [7, 11) is 0. The second kappa shape index (κ2) is 7.06. The summed E-state index contributed by atoms with van der Waals surface area (Å²) in [4.78, 5) is 4.56. The van der Waals surface area contributed by atoms with E-state index in [0.29, 0.717) is 4.73 Å². The van der Waals surface area contributed by atoms with Crippen LogP contribution < -0.4 is 0 Å². The van der Waals surface area contributed by atoms with Gasteiger partial charge in [0.1, 0.15) is 0 Å². The molecule has 4 heteroatoms. The van der Waals surface area contributed by atoms with Crippen molar-refractivity contribution in [1.82, 2.24) is 14.6 Å². The molecule has 28 heavy (non-hydrogen) atoms. The summed E-state index contributed by atoms with van der Waals surface area (Å²) in [6.45, 7) is 0. The van der Waals surface area contributed by atoms with Crippen LogP contribution in [0, 0.1) is 0 Å². The minimum absolute atomic E-state index is 0.586. The molecule has 0 spiro atoms. The maximum atomic E-state index is 4.56. The number of nitrogens with zero attached hydrogens (tertiary/aromatic N) is 3. The number of rotatable bonds is 3. The Hall–Kier alpha value is -3.24. The molecule has 0 atom stereocenters. The van der Waals surface area contributed by atoms with Gasteiger partial charge in [0, 0.05) is 11.8 Å². The quantitative estimate of drug-likeness (QED) is 0.330. The first-order chi connectivity index (χ1) is 13.8. The van der Waals surface area contributed by atoms with E-state index in [1.807, 2.05) is 24.4 Å². The van der Waals surface area contributed by atoms with Crippen molar-refractivity contribution in [3.05, 3.63) is 102 Å². The average Bonchev–Trinajstić information content (AvgIpc) is 3.15. The highest BCUT2D eigenvalue weighted by molar-refractivity contribution is 9.10. The molecule has 5 aromatic rings. The first-order valence-electron chi connectivity index (χ1n) is 9.05. The number of hydrogen-bond donors (Lipinski definition) is 0. The lowest BCUT2D eigenvalue weighted by Crippen LogP contribution is -1.91. The summed E-state index contributed by atoms with van der Waals surface area (Å²) in [6, 6.07) is 31.7. The number of aromatic nitrogens is 3. The van der Waals surface area contributed by atoms with Gasteiger partial charge in [-0.15, -0.1) is 5.10 Å². The van der Waals surface area contributed by atoms with Gasteiger partial charge in [-0.25, -0.2) is 9.50 Å². The van der Waals surface area contributed by atoms with Gasteiger partial charge >= 0.3 is 0 Å². The van der Waals surface area contributed by atoms with Crippen molar-refractivity contribution in [3.63, 3.8) is 0 Å². The smallest absolute Gasteiger partial charge is 0.218 e.